The molecular weight excluding hydrogens is 380 g/mol. The second-order valence-electron chi connectivity index (χ2n) is 8.02. The van der Waals surface area contributed by atoms with E-state index in [2.05, 4.69) is 48.6 Å². The highest BCUT2D eigenvalue weighted by Gasteiger charge is 2.28. The summed E-state index contributed by atoms with van der Waals surface area (Å²) >= 11 is 11.0. The van der Waals surface area contributed by atoms with Crippen molar-refractivity contribution in [3.63, 3.8) is 0 Å². The van der Waals surface area contributed by atoms with Crippen molar-refractivity contribution >= 4 is 41.2 Å². The molecule has 1 saturated heterocycles. The molecule has 3 heterocycles. The molecule has 0 radical (unpaired) electrons. The Morgan fingerprint density at radius 3 is 2.67 bits per heavy atom. The van der Waals surface area contributed by atoms with Crippen molar-refractivity contribution in [1.82, 2.24) is 25.0 Å². The molecule has 1 atom stereocenters. The second-order valence-corrected chi connectivity index (χ2v) is 9.16. The van der Waals surface area contributed by atoms with E-state index in [1.165, 1.54) is 0 Å². The summed E-state index contributed by atoms with van der Waals surface area (Å²) in [6.07, 6.45) is 1.03. The third-order valence-corrected chi connectivity index (χ3v) is 5.55. The largest absolute Gasteiger partial charge is 0.353 e. The van der Waals surface area contributed by atoms with Gasteiger partial charge in [-0.1, -0.05) is 55.8 Å². The minimum absolute atomic E-state index is 0.178. The van der Waals surface area contributed by atoms with Gasteiger partial charge in [-0.3, -0.25) is 0 Å². The summed E-state index contributed by atoms with van der Waals surface area (Å²) in [6, 6.07) is 7.77. The number of fused-ring (bicyclic) bond motifs is 1. The Balaban J connectivity index is 1.84. The zero-order valence-electron chi connectivity index (χ0n) is 15.7. The Hall–Kier alpha value is -1.86. The molecule has 2 aromatic heterocycles. The van der Waals surface area contributed by atoms with Crippen LogP contribution >= 0.6 is 24.2 Å². The van der Waals surface area contributed by atoms with Crippen molar-refractivity contribution in [3.8, 4) is 0 Å². The van der Waals surface area contributed by atoms with Crippen LogP contribution in [0.15, 0.2) is 24.3 Å². The van der Waals surface area contributed by atoms with Crippen molar-refractivity contribution < 1.29 is 0 Å². The highest BCUT2D eigenvalue weighted by atomic mass is 35.5. The van der Waals surface area contributed by atoms with Crippen molar-refractivity contribution in [2.45, 2.75) is 44.4 Å². The SMILES string of the molecule is CC(C)(C)c1nc(N2CCC(S)C2)c2nnn(Cc3ccccc3Cl)c2n1. The maximum Gasteiger partial charge on any atom is 0.184 e. The lowest BCUT2D eigenvalue weighted by atomic mass is 9.96. The summed E-state index contributed by atoms with van der Waals surface area (Å²) in [7, 11) is 0. The molecule has 0 spiro atoms. The molecule has 1 fully saturated rings. The van der Waals surface area contributed by atoms with Gasteiger partial charge in [0.05, 0.1) is 6.54 Å². The van der Waals surface area contributed by atoms with E-state index in [0.717, 1.165) is 47.9 Å². The van der Waals surface area contributed by atoms with E-state index < -0.39 is 0 Å². The van der Waals surface area contributed by atoms with Crippen molar-refractivity contribution in [2.75, 3.05) is 18.0 Å². The standard InChI is InChI=1S/C19H23ClN6S/c1-19(2,3)18-21-16(25-9-8-13(27)11-25)15-17(22-18)26(24-23-15)10-12-6-4-5-7-14(12)20/h4-7,13,27H,8-11H2,1-3H3. The predicted molar refractivity (Wildman–Crippen MR) is 112 cm³/mol. The number of hydrogen-bond acceptors (Lipinski definition) is 6. The van der Waals surface area contributed by atoms with Crippen LogP contribution in [0.25, 0.3) is 11.2 Å². The van der Waals surface area contributed by atoms with Crippen LogP contribution in [0.2, 0.25) is 5.02 Å². The molecule has 0 saturated carbocycles. The van der Waals surface area contributed by atoms with Gasteiger partial charge in [0.2, 0.25) is 0 Å². The van der Waals surface area contributed by atoms with Crippen molar-refractivity contribution in [2.24, 2.45) is 0 Å². The van der Waals surface area contributed by atoms with Crippen LogP contribution < -0.4 is 4.90 Å². The van der Waals surface area contributed by atoms with E-state index >= 15 is 0 Å². The van der Waals surface area contributed by atoms with Gasteiger partial charge in [-0.15, -0.1) is 5.10 Å². The van der Waals surface area contributed by atoms with Gasteiger partial charge in [-0.25, -0.2) is 14.6 Å². The molecule has 6 nitrogen and oxygen atoms in total. The average Bonchev–Trinajstić information content (AvgIpc) is 3.22. The van der Waals surface area contributed by atoms with Gasteiger partial charge in [-0.2, -0.15) is 12.6 Å². The number of anilines is 1. The molecule has 142 valence electrons. The maximum atomic E-state index is 6.34. The lowest BCUT2D eigenvalue weighted by Crippen LogP contribution is -2.25. The second kappa shape index (κ2) is 6.95. The number of rotatable bonds is 3. The van der Waals surface area contributed by atoms with E-state index in [1.54, 1.807) is 0 Å². The fraction of sp³-hybridized carbons (Fsp3) is 0.474. The molecule has 3 aromatic rings. The third kappa shape index (κ3) is 3.62. The summed E-state index contributed by atoms with van der Waals surface area (Å²) in [5, 5.41) is 9.85. The topological polar surface area (TPSA) is 59.7 Å². The summed E-state index contributed by atoms with van der Waals surface area (Å²) in [5.41, 5.74) is 2.28. The van der Waals surface area contributed by atoms with E-state index in [4.69, 9.17) is 21.6 Å². The van der Waals surface area contributed by atoms with Crippen LogP contribution in [-0.4, -0.2) is 43.3 Å². The van der Waals surface area contributed by atoms with Crippen LogP contribution in [0.1, 0.15) is 38.6 Å². The van der Waals surface area contributed by atoms with Gasteiger partial charge in [-0.05, 0) is 18.1 Å². The zero-order chi connectivity index (χ0) is 19.2. The van der Waals surface area contributed by atoms with E-state index in [9.17, 15) is 0 Å². The number of aromatic nitrogens is 5. The zero-order valence-corrected chi connectivity index (χ0v) is 17.4. The Morgan fingerprint density at radius 1 is 1.22 bits per heavy atom. The summed E-state index contributed by atoms with van der Waals surface area (Å²) in [5.74, 6) is 1.64. The molecular formula is C19H23ClN6S. The summed E-state index contributed by atoms with van der Waals surface area (Å²) < 4.78 is 1.81. The minimum atomic E-state index is -0.178. The summed E-state index contributed by atoms with van der Waals surface area (Å²) in [4.78, 5) is 11.9. The van der Waals surface area contributed by atoms with Crippen LogP contribution in [0.3, 0.4) is 0 Å². The number of halogens is 1. The third-order valence-electron chi connectivity index (χ3n) is 4.76. The van der Waals surface area contributed by atoms with Gasteiger partial charge in [0.15, 0.2) is 17.0 Å². The highest BCUT2D eigenvalue weighted by Crippen LogP contribution is 2.30. The molecule has 27 heavy (non-hydrogen) atoms. The molecule has 1 aromatic carbocycles. The van der Waals surface area contributed by atoms with Gasteiger partial charge >= 0.3 is 0 Å². The Labute approximate surface area is 169 Å². The molecule has 8 heteroatoms. The lowest BCUT2D eigenvalue weighted by molar-refractivity contribution is 0.545. The molecule has 1 unspecified atom stereocenters. The monoisotopic (exact) mass is 402 g/mol. The molecule has 0 N–H and O–H groups in total. The molecule has 4 rings (SSSR count). The average molecular weight is 403 g/mol. The smallest absolute Gasteiger partial charge is 0.184 e. The quantitative estimate of drug-likeness (QED) is 0.676. The molecule has 0 aliphatic carbocycles. The van der Waals surface area contributed by atoms with Crippen molar-refractivity contribution in [3.05, 3.63) is 40.7 Å². The van der Waals surface area contributed by atoms with Crippen molar-refractivity contribution in [1.29, 1.82) is 0 Å². The van der Waals surface area contributed by atoms with Gasteiger partial charge < -0.3 is 4.90 Å². The fourth-order valence-electron chi connectivity index (χ4n) is 3.23. The van der Waals surface area contributed by atoms with E-state index in [0.29, 0.717) is 16.8 Å². The number of hydrogen-bond donors (Lipinski definition) is 1. The summed E-state index contributed by atoms with van der Waals surface area (Å²) in [6.45, 7) is 8.64. The highest BCUT2D eigenvalue weighted by molar-refractivity contribution is 7.81. The number of thiol groups is 1. The molecule has 1 aliphatic rings. The Morgan fingerprint density at radius 2 is 2.00 bits per heavy atom. The first-order valence-electron chi connectivity index (χ1n) is 9.11. The lowest BCUT2D eigenvalue weighted by Gasteiger charge is -2.22. The molecule has 0 amide bonds. The van der Waals surface area contributed by atoms with Crippen LogP contribution in [0.4, 0.5) is 5.82 Å². The van der Waals surface area contributed by atoms with Crippen LogP contribution in [0.5, 0.6) is 0 Å². The van der Waals surface area contributed by atoms with Crippen LogP contribution in [0, 0.1) is 0 Å². The maximum absolute atomic E-state index is 6.34. The van der Waals surface area contributed by atoms with E-state index in [-0.39, 0.29) is 5.41 Å². The Kier molecular flexibility index (Phi) is 4.76. The Bertz CT molecular complexity index is 980. The predicted octanol–water partition coefficient (Wildman–Crippen LogP) is 3.73. The van der Waals surface area contributed by atoms with E-state index in [1.807, 2.05) is 28.9 Å². The van der Waals surface area contributed by atoms with Gasteiger partial charge in [0.1, 0.15) is 5.82 Å². The molecule has 1 aliphatic heterocycles. The first kappa shape index (κ1) is 18.5. The first-order chi connectivity index (χ1) is 12.8. The number of benzene rings is 1. The minimum Gasteiger partial charge on any atom is -0.353 e. The van der Waals surface area contributed by atoms with Crippen LogP contribution in [-0.2, 0) is 12.0 Å². The van der Waals surface area contributed by atoms with Gasteiger partial charge in [0.25, 0.3) is 0 Å². The normalized spacial score (nSPS) is 17.8. The first-order valence-corrected chi connectivity index (χ1v) is 10.0. The fourth-order valence-corrected chi connectivity index (χ4v) is 3.73. The molecule has 0 bridgehead atoms. The number of nitrogens with zero attached hydrogens (tertiary/aromatic N) is 6. The van der Waals surface area contributed by atoms with Gasteiger partial charge in [0, 0.05) is 28.8 Å².